The van der Waals surface area contributed by atoms with Gasteiger partial charge >= 0.3 is 5.97 Å². The van der Waals surface area contributed by atoms with Gasteiger partial charge in [0.25, 0.3) is 11.5 Å². The minimum absolute atomic E-state index is 0.0817. The standard InChI is InChI=1S/C26H29N3O6S/c1-19-12-14-21(15-13-19)36(34,35)27-16-6-5-11-23(26(32)33)28-24(30)22-10-7-17-29(25(22)31)18-20-8-3-2-4-9-20/h2-4,7-10,12-15,17,23,27H,5-6,11,16,18H2,1H3,(H,28,30)(H,32,33)/t23-/m0/s1. The predicted octanol–water partition coefficient (Wildman–Crippen LogP) is 2.54. The molecule has 0 aliphatic rings. The number of pyridine rings is 1. The molecule has 10 heteroatoms. The van der Waals surface area contributed by atoms with Gasteiger partial charge in [0.15, 0.2) is 0 Å². The third-order valence-electron chi connectivity index (χ3n) is 5.61. The number of sulfonamides is 1. The Labute approximate surface area is 209 Å². The second kappa shape index (κ2) is 12.3. The smallest absolute Gasteiger partial charge is 0.326 e. The first kappa shape index (κ1) is 26.8. The maximum absolute atomic E-state index is 12.8. The molecule has 3 rings (SSSR count). The largest absolute Gasteiger partial charge is 0.480 e. The number of unbranched alkanes of at least 4 members (excludes halogenated alkanes) is 1. The number of carboxylic acid groups (broad SMARTS) is 1. The van der Waals surface area contributed by atoms with Gasteiger partial charge in [0.2, 0.25) is 10.0 Å². The molecular weight excluding hydrogens is 482 g/mol. The van der Waals surface area contributed by atoms with Crippen LogP contribution in [0.5, 0.6) is 0 Å². The van der Waals surface area contributed by atoms with E-state index in [1.807, 2.05) is 37.3 Å². The molecule has 0 bridgehead atoms. The molecule has 190 valence electrons. The molecule has 0 saturated heterocycles. The van der Waals surface area contributed by atoms with Crippen LogP contribution < -0.4 is 15.6 Å². The van der Waals surface area contributed by atoms with Crippen LogP contribution in [0.1, 0.15) is 40.7 Å². The number of aryl methyl sites for hydroxylation is 1. The highest BCUT2D eigenvalue weighted by Gasteiger charge is 2.22. The van der Waals surface area contributed by atoms with Crippen molar-refractivity contribution in [1.29, 1.82) is 0 Å². The topological polar surface area (TPSA) is 135 Å². The van der Waals surface area contributed by atoms with E-state index >= 15 is 0 Å². The number of carboxylic acids is 1. The Balaban J connectivity index is 1.54. The van der Waals surface area contributed by atoms with Crippen LogP contribution >= 0.6 is 0 Å². The van der Waals surface area contributed by atoms with E-state index in [0.717, 1.165) is 11.1 Å². The highest BCUT2D eigenvalue weighted by Crippen LogP contribution is 2.10. The molecule has 1 heterocycles. The molecule has 0 unspecified atom stereocenters. The van der Waals surface area contributed by atoms with E-state index in [4.69, 9.17) is 0 Å². The van der Waals surface area contributed by atoms with Crippen molar-refractivity contribution in [1.82, 2.24) is 14.6 Å². The zero-order valence-corrected chi connectivity index (χ0v) is 20.7. The van der Waals surface area contributed by atoms with Crippen LogP contribution in [0.15, 0.2) is 82.6 Å². The normalized spacial score (nSPS) is 12.1. The number of benzene rings is 2. The van der Waals surface area contributed by atoms with Gasteiger partial charge in [-0.2, -0.15) is 0 Å². The molecule has 0 saturated carbocycles. The molecule has 1 amide bonds. The first-order valence-corrected chi connectivity index (χ1v) is 13.0. The van der Waals surface area contributed by atoms with Crippen molar-refractivity contribution in [3.63, 3.8) is 0 Å². The molecule has 1 atom stereocenters. The van der Waals surface area contributed by atoms with Gasteiger partial charge in [-0.15, -0.1) is 0 Å². The van der Waals surface area contributed by atoms with Crippen molar-refractivity contribution in [3.05, 3.63) is 100.0 Å². The summed E-state index contributed by atoms with van der Waals surface area (Å²) in [5.74, 6) is -2.00. The minimum Gasteiger partial charge on any atom is -0.480 e. The zero-order valence-electron chi connectivity index (χ0n) is 19.9. The van der Waals surface area contributed by atoms with Crippen LogP contribution in [0, 0.1) is 6.92 Å². The summed E-state index contributed by atoms with van der Waals surface area (Å²) in [6.45, 7) is 2.26. The van der Waals surface area contributed by atoms with Gasteiger partial charge in [-0.3, -0.25) is 9.59 Å². The third-order valence-corrected chi connectivity index (χ3v) is 7.08. The highest BCUT2D eigenvalue weighted by molar-refractivity contribution is 7.89. The number of amides is 1. The van der Waals surface area contributed by atoms with Gasteiger partial charge in [-0.05, 0) is 56.0 Å². The summed E-state index contributed by atoms with van der Waals surface area (Å²) in [6, 6.07) is 17.4. The summed E-state index contributed by atoms with van der Waals surface area (Å²) in [7, 11) is -3.65. The Morgan fingerprint density at radius 3 is 2.33 bits per heavy atom. The van der Waals surface area contributed by atoms with Gasteiger partial charge in [-0.1, -0.05) is 48.0 Å². The summed E-state index contributed by atoms with van der Waals surface area (Å²) >= 11 is 0. The molecule has 3 aromatic rings. The molecule has 0 radical (unpaired) electrons. The second-order valence-electron chi connectivity index (χ2n) is 8.41. The molecule has 3 N–H and O–H groups in total. The second-order valence-corrected chi connectivity index (χ2v) is 10.2. The van der Waals surface area contributed by atoms with E-state index in [1.54, 1.807) is 24.4 Å². The lowest BCUT2D eigenvalue weighted by molar-refractivity contribution is -0.139. The van der Waals surface area contributed by atoms with Crippen molar-refractivity contribution in [2.75, 3.05) is 6.54 Å². The first-order valence-electron chi connectivity index (χ1n) is 11.5. The number of aliphatic carboxylic acids is 1. The fourth-order valence-corrected chi connectivity index (χ4v) is 4.66. The Kier molecular flexibility index (Phi) is 9.15. The number of nitrogens with zero attached hydrogens (tertiary/aromatic N) is 1. The number of hydrogen-bond donors (Lipinski definition) is 3. The third kappa shape index (κ3) is 7.37. The maximum Gasteiger partial charge on any atom is 0.326 e. The quantitative estimate of drug-likeness (QED) is 0.320. The van der Waals surface area contributed by atoms with Crippen molar-refractivity contribution >= 4 is 21.9 Å². The van der Waals surface area contributed by atoms with Crippen molar-refractivity contribution in [3.8, 4) is 0 Å². The van der Waals surface area contributed by atoms with Gasteiger partial charge in [0, 0.05) is 12.7 Å². The molecule has 0 aliphatic carbocycles. The first-order chi connectivity index (χ1) is 17.2. The highest BCUT2D eigenvalue weighted by atomic mass is 32.2. The number of carbonyl (C=O) groups excluding carboxylic acids is 1. The van der Waals surface area contributed by atoms with Crippen LogP contribution in [-0.4, -0.2) is 42.6 Å². The lowest BCUT2D eigenvalue weighted by Gasteiger charge is -2.15. The molecule has 0 fully saturated rings. The summed E-state index contributed by atoms with van der Waals surface area (Å²) in [4.78, 5) is 37.3. The molecule has 36 heavy (non-hydrogen) atoms. The van der Waals surface area contributed by atoms with Gasteiger partial charge in [0.1, 0.15) is 11.6 Å². The molecule has 2 aromatic carbocycles. The van der Waals surface area contributed by atoms with Gasteiger partial charge < -0.3 is 15.0 Å². The molecule has 9 nitrogen and oxygen atoms in total. The summed E-state index contributed by atoms with van der Waals surface area (Å²) < 4.78 is 28.5. The average molecular weight is 512 g/mol. The van der Waals surface area contributed by atoms with E-state index in [2.05, 4.69) is 10.0 Å². The van der Waals surface area contributed by atoms with Crippen LogP contribution in [0.3, 0.4) is 0 Å². The number of hydrogen-bond acceptors (Lipinski definition) is 5. The summed E-state index contributed by atoms with van der Waals surface area (Å²) in [6.07, 6.45) is 2.37. The Morgan fingerprint density at radius 1 is 0.972 bits per heavy atom. The molecule has 1 aromatic heterocycles. The van der Waals surface area contributed by atoms with Crippen LogP contribution in [0.2, 0.25) is 0 Å². The Morgan fingerprint density at radius 2 is 1.67 bits per heavy atom. The van der Waals surface area contributed by atoms with Crippen molar-refractivity contribution < 1.29 is 23.1 Å². The Bertz CT molecular complexity index is 1350. The van der Waals surface area contributed by atoms with Crippen molar-refractivity contribution in [2.45, 2.75) is 43.7 Å². The van der Waals surface area contributed by atoms with E-state index in [9.17, 15) is 27.9 Å². The predicted molar refractivity (Wildman–Crippen MR) is 135 cm³/mol. The monoisotopic (exact) mass is 511 g/mol. The van der Waals surface area contributed by atoms with E-state index < -0.39 is 33.5 Å². The van der Waals surface area contributed by atoms with Gasteiger partial charge in [0.05, 0.1) is 11.4 Å². The zero-order chi connectivity index (χ0) is 26.1. The van der Waals surface area contributed by atoms with E-state index in [0.29, 0.717) is 12.8 Å². The lowest BCUT2D eigenvalue weighted by Crippen LogP contribution is -2.43. The van der Waals surface area contributed by atoms with Crippen LogP contribution in [0.25, 0.3) is 0 Å². The Hall–Kier alpha value is -3.76. The average Bonchev–Trinajstić information content (AvgIpc) is 2.85. The molecular formula is C26H29N3O6S. The number of carbonyl (C=O) groups is 2. The van der Waals surface area contributed by atoms with Crippen LogP contribution in [0.4, 0.5) is 0 Å². The minimum atomic E-state index is -3.65. The fourth-order valence-electron chi connectivity index (χ4n) is 3.59. The number of rotatable bonds is 12. The van der Waals surface area contributed by atoms with Crippen LogP contribution in [-0.2, 0) is 21.4 Å². The fraction of sp³-hybridized carbons (Fsp3) is 0.269. The summed E-state index contributed by atoms with van der Waals surface area (Å²) in [5.41, 5.74) is 1.17. The van der Waals surface area contributed by atoms with E-state index in [1.165, 1.54) is 22.8 Å². The summed E-state index contributed by atoms with van der Waals surface area (Å²) in [5, 5.41) is 11.9. The number of aromatic nitrogens is 1. The molecule has 0 spiro atoms. The van der Waals surface area contributed by atoms with Gasteiger partial charge in [-0.25, -0.2) is 17.9 Å². The lowest BCUT2D eigenvalue weighted by atomic mass is 10.1. The van der Waals surface area contributed by atoms with E-state index in [-0.39, 0.29) is 30.0 Å². The number of nitrogens with one attached hydrogen (secondary N) is 2. The molecule has 0 aliphatic heterocycles. The maximum atomic E-state index is 12.8. The SMILES string of the molecule is Cc1ccc(S(=O)(=O)NCCCC[C@H](NC(=O)c2cccn(Cc3ccccc3)c2=O)C(=O)O)cc1. The van der Waals surface area contributed by atoms with Crippen molar-refractivity contribution in [2.24, 2.45) is 0 Å².